The lowest BCUT2D eigenvalue weighted by atomic mass is 10.1. The summed E-state index contributed by atoms with van der Waals surface area (Å²) in [6, 6.07) is 6.55. The highest BCUT2D eigenvalue weighted by Crippen LogP contribution is 2.21. The van der Waals surface area contributed by atoms with Crippen LogP contribution < -0.4 is 4.74 Å². The van der Waals surface area contributed by atoms with E-state index in [9.17, 15) is 9.59 Å². The van der Waals surface area contributed by atoms with E-state index < -0.39 is 11.6 Å². The summed E-state index contributed by atoms with van der Waals surface area (Å²) in [5.41, 5.74) is -0.326. The number of carbonyl (C=O) groups excluding carboxylic acids is 2. The Kier molecular flexibility index (Phi) is 4.48. The smallest absolute Gasteiger partial charge is 0.342 e. The molecule has 98 valence electrons. The molecule has 0 N–H and O–H groups in total. The van der Waals surface area contributed by atoms with Gasteiger partial charge in [0.2, 0.25) is 0 Å². The Hall–Kier alpha value is -1.84. The summed E-state index contributed by atoms with van der Waals surface area (Å²) in [6.07, 6.45) is 0.253. The standard InChI is InChI=1S/C14H18O4/c1-5-12(15)17-11-9-7-6-8-10(11)13(16)18-14(2,3)4/h6-9H,5H2,1-4H3. The molecule has 0 fully saturated rings. The number of rotatable bonds is 3. The molecule has 1 aromatic carbocycles. The van der Waals surface area contributed by atoms with Crippen LogP contribution >= 0.6 is 0 Å². The van der Waals surface area contributed by atoms with E-state index in [0.29, 0.717) is 0 Å². The van der Waals surface area contributed by atoms with Crippen molar-refractivity contribution in [1.82, 2.24) is 0 Å². The molecule has 0 heterocycles. The van der Waals surface area contributed by atoms with Crippen LogP contribution in [0.25, 0.3) is 0 Å². The minimum absolute atomic E-state index is 0.235. The zero-order valence-corrected chi connectivity index (χ0v) is 11.1. The van der Waals surface area contributed by atoms with E-state index in [0.717, 1.165) is 0 Å². The predicted octanol–water partition coefficient (Wildman–Crippen LogP) is 2.96. The van der Waals surface area contributed by atoms with Gasteiger partial charge in [0.1, 0.15) is 16.9 Å². The highest BCUT2D eigenvalue weighted by molar-refractivity contribution is 5.93. The fraction of sp³-hybridized carbons (Fsp3) is 0.429. The Morgan fingerprint density at radius 1 is 1.17 bits per heavy atom. The Balaban J connectivity index is 2.94. The van der Waals surface area contributed by atoms with Crippen LogP contribution in [0.1, 0.15) is 44.5 Å². The van der Waals surface area contributed by atoms with Crippen molar-refractivity contribution < 1.29 is 19.1 Å². The van der Waals surface area contributed by atoms with Crippen LogP contribution in [0.4, 0.5) is 0 Å². The van der Waals surface area contributed by atoms with E-state index in [-0.39, 0.29) is 23.7 Å². The van der Waals surface area contributed by atoms with Gasteiger partial charge in [0.25, 0.3) is 0 Å². The quantitative estimate of drug-likeness (QED) is 0.611. The van der Waals surface area contributed by atoms with Crippen molar-refractivity contribution >= 4 is 11.9 Å². The first-order valence-electron chi connectivity index (χ1n) is 5.86. The van der Waals surface area contributed by atoms with Crippen molar-refractivity contribution in [3.05, 3.63) is 29.8 Å². The van der Waals surface area contributed by atoms with Gasteiger partial charge in [-0.3, -0.25) is 4.79 Å². The third kappa shape index (κ3) is 4.20. The lowest BCUT2D eigenvalue weighted by Gasteiger charge is -2.20. The molecule has 0 aliphatic rings. The number of para-hydroxylation sites is 1. The topological polar surface area (TPSA) is 52.6 Å². The molecular weight excluding hydrogens is 232 g/mol. The number of esters is 2. The fourth-order valence-corrected chi connectivity index (χ4v) is 1.25. The molecule has 4 nitrogen and oxygen atoms in total. The largest absolute Gasteiger partial charge is 0.456 e. The molecule has 18 heavy (non-hydrogen) atoms. The highest BCUT2D eigenvalue weighted by atomic mass is 16.6. The average Bonchev–Trinajstić information content (AvgIpc) is 2.27. The molecular formula is C14H18O4. The molecule has 0 amide bonds. The first-order valence-corrected chi connectivity index (χ1v) is 5.86. The number of hydrogen-bond donors (Lipinski definition) is 0. The Morgan fingerprint density at radius 2 is 1.78 bits per heavy atom. The predicted molar refractivity (Wildman–Crippen MR) is 67.5 cm³/mol. The van der Waals surface area contributed by atoms with Crippen molar-refractivity contribution in [3.63, 3.8) is 0 Å². The monoisotopic (exact) mass is 250 g/mol. The third-order valence-corrected chi connectivity index (χ3v) is 2.02. The number of hydrogen-bond acceptors (Lipinski definition) is 4. The first kappa shape index (κ1) is 14.2. The average molecular weight is 250 g/mol. The van der Waals surface area contributed by atoms with Crippen LogP contribution in [0.5, 0.6) is 5.75 Å². The maximum atomic E-state index is 11.9. The molecule has 0 radical (unpaired) electrons. The van der Waals surface area contributed by atoms with Gasteiger partial charge >= 0.3 is 11.9 Å². The summed E-state index contributed by atoms with van der Waals surface area (Å²) >= 11 is 0. The molecule has 0 spiro atoms. The lowest BCUT2D eigenvalue weighted by molar-refractivity contribution is -0.134. The van der Waals surface area contributed by atoms with Crippen molar-refractivity contribution in [3.8, 4) is 5.75 Å². The van der Waals surface area contributed by atoms with Crippen LogP contribution in [0.2, 0.25) is 0 Å². The van der Waals surface area contributed by atoms with E-state index in [1.807, 2.05) is 0 Å². The molecule has 1 rings (SSSR count). The first-order chi connectivity index (χ1) is 8.33. The van der Waals surface area contributed by atoms with E-state index in [1.165, 1.54) is 0 Å². The van der Waals surface area contributed by atoms with Gasteiger partial charge in [-0.2, -0.15) is 0 Å². The summed E-state index contributed by atoms with van der Waals surface area (Å²) < 4.78 is 10.3. The minimum atomic E-state index is -0.584. The van der Waals surface area contributed by atoms with E-state index >= 15 is 0 Å². The SMILES string of the molecule is CCC(=O)Oc1ccccc1C(=O)OC(C)(C)C. The Labute approximate surface area is 107 Å². The summed E-state index contributed by atoms with van der Waals surface area (Å²) in [7, 11) is 0. The van der Waals surface area contributed by atoms with Gasteiger partial charge in [0.15, 0.2) is 0 Å². The van der Waals surface area contributed by atoms with E-state index in [4.69, 9.17) is 9.47 Å². The van der Waals surface area contributed by atoms with Gasteiger partial charge < -0.3 is 9.47 Å². The normalized spacial score (nSPS) is 10.9. The van der Waals surface area contributed by atoms with Crippen LogP contribution in [-0.4, -0.2) is 17.5 Å². The van der Waals surface area contributed by atoms with Crippen molar-refractivity contribution in [2.24, 2.45) is 0 Å². The molecule has 1 aromatic rings. The van der Waals surface area contributed by atoms with Gasteiger partial charge in [-0.1, -0.05) is 19.1 Å². The zero-order valence-electron chi connectivity index (χ0n) is 11.1. The molecule has 4 heteroatoms. The summed E-state index contributed by atoms with van der Waals surface area (Å²) in [5.74, 6) is -0.647. The molecule has 0 atom stereocenters. The van der Waals surface area contributed by atoms with Crippen LogP contribution in [0, 0.1) is 0 Å². The van der Waals surface area contributed by atoms with E-state index in [2.05, 4.69) is 0 Å². The van der Waals surface area contributed by atoms with Crippen LogP contribution in [-0.2, 0) is 9.53 Å². The molecule has 0 aliphatic carbocycles. The maximum Gasteiger partial charge on any atom is 0.342 e. The van der Waals surface area contributed by atoms with Crippen molar-refractivity contribution in [2.75, 3.05) is 0 Å². The summed E-state index contributed by atoms with van der Waals surface area (Å²) in [6.45, 7) is 7.04. The second-order valence-electron chi connectivity index (χ2n) is 4.83. The van der Waals surface area contributed by atoms with E-state index in [1.54, 1.807) is 52.0 Å². The second-order valence-corrected chi connectivity index (χ2v) is 4.83. The van der Waals surface area contributed by atoms with Crippen LogP contribution in [0.3, 0.4) is 0 Å². The fourth-order valence-electron chi connectivity index (χ4n) is 1.25. The summed E-state index contributed by atoms with van der Waals surface area (Å²) in [4.78, 5) is 23.2. The Bertz CT molecular complexity index is 443. The number of carbonyl (C=O) groups is 2. The number of ether oxygens (including phenoxy) is 2. The summed E-state index contributed by atoms with van der Waals surface area (Å²) in [5, 5.41) is 0. The molecule has 0 aliphatic heterocycles. The van der Waals surface area contributed by atoms with Gasteiger partial charge in [-0.05, 0) is 32.9 Å². The molecule has 0 saturated carbocycles. The highest BCUT2D eigenvalue weighted by Gasteiger charge is 2.21. The minimum Gasteiger partial charge on any atom is -0.456 e. The second kappa shape index (κ2) is 5.67. The van der Waals surface area contributed by atoms with Crippen LogP contribution in [0.15, 0.2) is 24.3 Å². The zero-order chi connectivity index (χ0) is 13.8. The molecule has 0 unspecified atom stereocenters. The third-order valence-electron chi connectivity index (χ3n) is 2.02. The Morgan fingerprint density at radius 3 is 2.33 bits per heavy atom. The molecule has 0 saturated heterocycles. The van der Waals surface area contributed by atoms with Gasteiger partial charge in [-0.25, -0.2) is 4.79 Å². The van der Waals surface area contributed by atoms with Gasteiger partial charge in [-0.15, -0.1) is 0 Å². The molecule has 0 aromatic heterocycles. The number of benzene rings is 1. The lowest BCUT2D eigenvalue weighted by Crippen LogP contribution is -2.24. The van der Waals surface area contributed by atoms with Gasteiger partial charge in [0.05, 0.1) is 0 Å². The molecule has 0 bridgehead atoms. The maximum absolute atomic E-state index is 11.9. The van der Waals surface area contributed by atoms with Crippen molar-refractivity contribution in [2.45, 2.75) is 39.7 Å². The van der Waals surface area contributed by atoms with Crippen molar-refractivity contribution in [1.29, 1.82) is 0 Å². The van der Waals surface area contributed by atoms with Gasteiger partial charge in [0, 0.05) is 6.42 Å².